The third-order valence-electron chi connectivity index (χ3n) is 3.01. The normalized spacial score (nSPS) is 12.9. The van der Waals surface area contributed by atoms with E-state index in [2.05, 4.69) is 21.2 Å². The largest absolute Gasteiger partial charge is 0.508 e. The second kappa shape index (κ2) is 6.05. The summed E-state index contributed by atoms with van der Waals surface area (Å²) in [5.74, 6) is 0.199. The molecule has 2 aromatic rings. The maximum Gasteiger partial charge on any atom is 0.238 e. The summed E-state index contributed by atoms with van der Waals surface area (Å²) in [6.45, 7) is 1.94. The summed E-state index contributed by atoms with van der Waals surface area (Å²) in [5.41, 5.74) is 1.65. The van der Waals surface area contributed by atoms with Crippen molar-refractivity contribution in [1.29, 1.82) is 0 Å². The van der Waals surface area contributed by atoms with Gasteiger partial charge in [-0.3, -0.25) is 0 Å². The van der Waals surface area contributed by atoms with Gasteiger partial charge in [-0.25, -0.2) is 13.6 Å². The number of phenols is 1. The van der Waals surface area contributed by atoms with E-state index < -0.39 is 10.0 Å². The molecule has 2 aromatic carbocycles. The number of anilines is 1. The molecule has 0 aliphatic heterocycles. The van der Waals surface area contributed by atoms with Crippen LogP contribution >= 0.6 is 15.9 Å². The lowest BCUT2D eigenvalue weighted by molar-refractivity contribution is 0.474. The topological polar surface area (TPSA) is 92.4 Å². The van der Waals surface area contributed by atoms with Gasteiger partial charge in [0.1, 0.15) is 5.75 Å². The number of primary sulfonamides is 1. The number of hydrogen-bond donors (Lipinski definition) is 3. The van der Waals surface area contributed by atoms with E-state index >= 15 is 0 Å². The van der Waals surface area contributed by atoms with Gasteiger partial charge in [-0.05, 0) is 58.7 Å². The highest BCUT2D eigenvalue weighted by Gasteiger charge is 2.12. The molecule has 0 amide bonds. The quantitative estimate of drug-likeness (QED) is 0.771. The van der Waals surface area contributed by atoms with Crippen molar-refractivity contribution in [3.05, 3.63) is 52.5 Å². The molecule has 4 N–H and O–H groups in total. The Morgan fingerprint density at radius 1 is 1.24 bits per heavy atom. The second-order valence-electron chi connectivity index (χ2n) is 4.65. The van der Waals surface area contributed by atoms with E-state index in [0.29, 0.717) is 4.47 Å². The Kier molecular flexibility index (Phi) is 4.55. The predicted molar refractivity (Wildman–Crippen MR) is 85.7 cm³/mol. The molecule has 0 fully saturated rings. The molecule has 1 unspecified atom stereocenters. The molecule has 112 valence electrons. The molecule has 0 heterocycles. The zero-order chi connectivity index (χ0) is 15.6. The van der Waals surface area contributed by atoms with Gasteiger partial charge in [-0.1, -0.05) is 12.1 Å². The van der Waals surface area contributed by atoms with Gasteiger partial charge in [-0.2, -0.15) is 0 Å². The van der Waals surface area contributed by atoms with Gasteiger partial charge in [0.15, 0.2) is 0 Å². The summed E-state index contributed by atoms with van der Waals surface area (Å²) in [7, 11) is -3.72. The number of aromatic hydroxyl groups is 1. The Morgan fingerprint density at radius 3 is 2.52 bits per heavy atom. The number of benzene rings is 2. The van der Waals surface area contributed by atoms with Crippen molar-refractivity contribution in [3.8, 4) is 5.75 Å². The van der Waals surface area contributed by atoms with E-state index in [-0.39, 0.29) is 16.7 Å². The Morgan fingerprint density at radius 2 is 1.95 bits per heavy atom. The minimum absolute atomic E-state index is 0.0462. The van der Waals surface area contributed by atoms with Gasteiger partial charge in [0.2, 0.25) is 10.0 Å². The summed E-state index contributed by atoms with van der Waals surface area (Å²) in [6.07, 6.45) is 0. The van der Waals surface area contributed by atoms with E-state index in [1.165, 1.54) is 12.1 Å². The van der Waals surface area contributed by atoms with E-state index in [0.717, 1.165) is 11.3 Å². The zero-order valence-corrected chi connectivity index (χ0v) is 13.6. The van der Waals surface area contributed by atoms with Crippen LogP contribution in [0.25, 0.3) is 0 Å². The van der Waals surface area contributed by atoms with Gasteiger partial charge in [0.25, 0.3) is 0 Å². The third-order valence-corrected chi connectivity index (χ3v) is 4.58. The fraction of sp³-hybridized carbons (Fsp3) is 0.143. The monoisotopic (exact) mass is 370 g/mol. The molecular weight excluding hydrogens is 356 g/mol. The average Bonchev–Trinajstić information content (AvgIpc) is 2.39. The van der Waals surface area contributed by atoms with E-state index in [1.807, 2.05) is 13.0 Å². The smallest absolute Gasteiger partial charge is 0.238 e. The molecule has 0 aromatic heterocycles. The molecular formula is C14H15BrN2O3S. The number of sulfonamides is 1. The van der Waals surface area contributed by atoms with E-state index in [4.69, 9.17) is 5.14 Å². The first-order valence-corrected chi connectivity index (χ1v) is 8.49. The number of nitrogens with one attached hydrogen (secondary N) is 1. The van der Waals surface area contributed by atoms with Crippen LogP contribution in [0.3, 0.4) is 0 Å². The second-order valence-corrected chi connectivity index (χ2v) is 7.06. The number of hydrogen-bond acceptors (Lipinski definition) is 4. The van der Waals surface area contributed by atoms with Crippen LogP contribution < -0.4 is 10.5 Å². The highest BCUT2D eigenvalue weighted by atomic mass is 79.9. The highest BCUT2D eigenvalue weighted by molar-refractivity contribution is 9.10. The lowest BCUT2D eigenvalue weighted by Crippen LogP contribution is -2.12. The molecule has 0 aliphatic carbocycles. The molecule has 21 heavy (non-hydrogen) atoms. The fourth-order valence-electron chi connectivity index (χ4n) is 1.90. The minimum Gasteiger partial charge on any atom is -0.508 e. The van der Waals surface area contributed by atoms with Crippen molar-refractivity contribution >= 4 is 31.6 Å². The lowest BCUT2D eigenvalue weighted by Gasteiger charge is -2.17. The van der Waals surface area contributed by atoms with Crippen LogP contribution in [0.2, 0.25) is 0 Å². The van der Waals surface area contributed by atoms with Crippen LogP contribution in [0.5, 0.6) is 5.75 Å². The molecule has 5 nitrogen and oxygen atoms in total. The summed E-state index contributed by atoms with van der Waals surface area (Å²) in [4.78, 5) is 0.0462. The van der Waals surface area contributed by atoms with Gasteiger partial charge in [0, 0.05) is 16.2 Å². The maximum absolute atomic E-state index is 11.3. The van der Waals surface area contributed by atoms with E-state index in [9.17, 15) is 13.5 Å². The van der Waals surface area contributed by atoms with Crippen LogP contribution in [0.15, 0.2) is 51.8 Å². The Hall–Kier alpha value is -1.57. The van der Waals surface area contributed by atoms with Crippen LogP contribution in [0.4, 0.5) is 5.69 Å². The molecule has 1 atom stereocenters. The first-order chi connectivity index (χ1) is 9.77. The summed E-state index contributed by atoms with van der Waals surface area (Å²) in [5, 5.41) is 17.8. The van der Waals surface area contributed by atoms with Crippen LogP contribution in [-0.2, 0) is 10.0 Å². The molecule has 0 bridgehead atoms. The number of rotatable bonds is 4. The maximum atomic E-state index is 11.3. The van der Waals surface area contributed by atoms with Crippen molar-refractivity contribution in [2.24, 2.45) is 5.14 Å². The average molecular weight is 371 g/mol. The zero-order valence-electron chi connectivity index (χ0n) is 11.2. The predicted octanol–water partition coefficient (Wildman–Crippen LogP) is 2.98. The molecule has 0 aliphatic rings. The summed E-state index contributed by atoms with van der Waals surface area (Å²) < 4.78 is 23.2. The Labute approximate surface area is 132 Å². The SMILES string of the molecule is CC(Nc1ccc(S(N)(=O)=O)cc1Br)c1cccc(O)c1. The Bertz CT molecular complexity index is 763. The molecule has 0 saturated carbocycles. The molecule has 7 heteroatoms. The lowest BCUT2D eigenvalue weighted by atomic mass is 10.1. The van der Waals surface area contributed by atoms with Crippen LogP contribution in [0, 0.1) is 0 Å². The number of phenolic OH excluding ortho intramolecular Hbond substituents is 1. The van der Waals surface area contributed by atoms with Crippen LogP contribution in [-0.4, -0.2) is 13.5 Å². The van der Waals surface area contributed by atoms with Crippen molar-refractivity contribution in [2.75, 3.05) is 5.32 Å². The Balaban J connectivity index is 2.24. The third kappa shape index (κ3) is 3.96. The molecule has 0 spiro atoms. The highest BCUT2D eigenvalue weighted by Crippen LogP contribution is 2.29. The minimum atomic E-state index is -3.72. The number of halogens is 1. The van der Waals surface area contributed by atoms with E-state index in [1.54, 1.807) is 24.3 Å². The fourth-order valence-corrected chi connectivity index (χ4v) is 3.09. The standard InChI is InChI=1S/C14H15BrN2O3S/c1-9(10-3-2-4-11(18)7-10)17-14-6-5-12(8-13(14)15)21(16,19)20/h2-9,17-18H,1H3,(H2,16,19,20). The van der Waals surface area contributed by atoms with Crippen molar-refractivity contribution in [1.82, 2.24) is 0 Å². The van der Waals surface area contributed by atoms with Gasteiger partial charge < -0.3 is 10.4 Å². The van der Waals surface area contributed by atoms with Crippen LogP contribution in [0.1, 0.15) is 18.5 Å². The first-order valence-electron chi connectivity index (χ1n) is 6.15. The summed E-state index contributed by atoms with van der Waals surface area (Å²) >= 11 is 3.32. The van der Waals surface area contributed by atoms with Crippen molar-refractivity contribution < 1.29 is 13.5 Å². The first kappa shape index (κ1) is 15.8. The van der Waals surface area contributed by atoms with Crippen molar-refractivity contribution in [3.63, 3.8) is 0 Å². The molecule has 2 rings (SSSR count). The summed E-state index contributed by atoms with van der Waals surface area (Å²) in [6, 6.07) is 11.4. The van der Waals surface area contributed by atoms with Gasteiger partial charge in [-0.15, -0.1) is 0 Å². The van der Waals surface area contributed by atoms with Gasteiger partial charge in [0.05, 0.1) is 4.90 Å². The van der Waals surface area contributed by atoms with Crippen molar-refractivity contribution in [2.45, 2.75) is 17.9 Å². The molecule has 0 saturated heterocycles. The molecule has 0 radical (unpaired) electrons. The number of nitrogens with two attached hydrogens (primary N) is 1. The van der Waals surface area contributed by atoms with Gasteiger partial charge >= 0.3 is 0 Å².